The Hall–Kier alpha value is -3.22. The van der Waals surface area contributed by atoms with Crippen molar-refractivity contribution in [1.82, 2.24) is 10.2 Å². The van der Waals surface area contributed by atoms with E-state index in [1.165, 1.54) is 0 Å². The van der Waals surface area contributed by atoms with E-state index in [1.54, 1.807) is 12.1 Å². The zero-order valence-corrected chi connectivity index (χ0v) is 18.8. The molecule has 172 valence electrons. The van der Waals surface area contributed by atoms with Crippen LogP contribution in [-0.4, -0.2) is 55.7 Å². The average molecular weight is 441 g/mol. The molecular weight excluding hydrogens is 408 g/mol. The Morgan fingerprint density at radius 3 is 1.88 bits per heavy atom. The van der Waals surface area contributed by atoms with Crippen molar-refractivity contribution in [2.75, 3.05) is 32.9 Å². The molecule has 3 rings (SSSR count). The van der Waals surface area contributed by atoms with Crippen LogP contribution in [0.3, 0.4) is 0 Å². The number of benzene rings is 2. The first-order valence-electron chi connectivity index (χ1n) is 11.2. The molecule has 32 heavy (non-hydrogen) atoms. The number of likely N-dealkylation sites (tertiary alicyclic amines) is 1. The number of amides is 2. The molecule has 0 unspecified atom stereocenters. The third kappa shape index (κ3) is 7.18. The molecule has 7 nitrogen and oxygen atoms in total. The summed E-state index contributed by atoms with van der Waals surface area (Å²) in [7, 11) is 0. The van der Waals surface area contributed by atoms with E-state index in [-0.39, 0.29) is 24.5 Å². The van der Waals surface area contributed by atoms with Crippen molar-refractivity contribution in [3.8, 4) is 17.2 Å². The van der Waals surface area contributed by atoms with Gasteiger partial charge in [-0.25, -0.2) is 0 Å². The summed E-state index contributed by atoms with van der Waals surface area (Å²) in [6.45, 7) is 6.34. The maximum absolute atomic E-state index is 12.6. The Kier molecular flexibility index (Phi) is 8.78. The number of nitrogens with one attached hydrogen (secondary N) is 1. The zero-order chi connectivity index (χ0) is 22.8. The van der Waals surface area contributed by atoms with Gasteiger partial charge in [-0.3, -0.25) is 9.59 Å². The topological polar surface area (TPSA) is 77.1 Å². The molecular formula is C25H32N2O5. The van der Waals surface area contributed by atoms with Crippen LogP contribution < -0.4 is 19.5 Å². The molecule has 0 saturated carbocycles. The SMILES string of the molecule is CCOc1ccc(CC(=O)N2CCC(NC(=O)COc3ccc(OCC)cc3)CC2)cc1. The molecule has 2 aromatic carbocycles. The molecule has 0 aromatic heterocycles. The number of hydrogen-bond donors (Lipinski definition) is 1. The van der Waals surface area contributed by atoms with Crippen molar-refractivity contribution >= 4 is 11.8 Å². The van der Waals surface area contributed by atoms with Gasteiger partial charge in [0.15, 0.2) is 6.61 Å². The lowest BCUT2D eigenvalue weighted by Crippen LogP contribution is -2.47. The number of piperidine rings is 1. The van der Waals surface area contributed by atoms with Crippen LogP contribution >= 0.6 is 0 Å². The largest absolute Gasteiger partial charge is 0.494 e. The van der Waals surface area contributed by atoms with Crippen LogP contribution in [0.4, 0.5) is 0 Å². The van der Waals surface area contributed by atoms with Gasteiger partial charge in [-0.05, 0) is 68.7 Å². The van der Waals surface area contributed by atoms with E-state index in [4.69, 9.17) is 14.2 Å². The minimum absolute atomic E-state index is 0.0368. The highest BCUT2D eigenvalue weighted by Gasteiger charge is 2.24. The minimum Gasteiger partial charge on any atom is -0.494 e. The van der Waals surface area contributed by atoms with Gasteiger partial charge in [0.2, 0.25) is 5.91 Å². The van der Waals surface area contributed by atoms with Gasteiger partial charge in [0.05, 0.1) is 19.6 Å². The summed E-state index contributed by atoms with van der Waals surface area (Å²) in [4.78, 5) is 26.7. The van der Waals surface area contributed by atoms with E-state index < -0.39 is 0 Å². The quantitative estimate of drug-likeness (QED) is 0.614. The van der Waals surface area contributed by atoms with E-state index in [1.807, 2.05) is 55.1 Å². The molecule has 1 heterocycles. The summed E-state index contributed by atoms with van der Waals surface area (Å²) in [6.07, 6.45) is 1.85. The van der Waals surface area contributed by atoms with Crippen molar-refractivity contribution in [3.05, 3.63) is 54.1 Å². The van der Waals surface area contributed by atoms with Crippen LogP contribution in [0.5, 0.6) is 17.2 Å². The lowest BCUT2D eigenvalue weighted by atomic mass is 10.0. The number of rotatable bonds is 10. The van der Waals surface area contributed by atoms with Gasteiger partial charge >= 0.3 is 0 Å². The Morgan fingerprint density at radius 1 is 0.844 bits per heavy atom. The Bertz CT molecular complexity index is 859. The molecule has 1 saturated heterocycles. The first-order chi connectivity index (χ1) is 15.6. The number of nitrogens with zero attached hydrogens (tertiary/aromatic N) is 1. The van der Waals surface area contributed by atoms with Crippen molar-refractivity contribution in [3.63, 3.8) is 0 Å². The van der Waals surface area contributed by atoms with Crippen LogP contribution in [0.2, 0.25) is 0 Å². The fourth-order valence-electron chi connectivity index (χ4n) is 3.65. The predicted molar refractivity (Wildman–Crippen MR) is 122 cm³/mol. The highest BCUT2D eigenvalue weighted by molar-refractivity contribution is 5.79. The van der Waals surface area contributed by atoms with E-state index >= 15 is 0 Å². The molecule has 2 amide bonds. The second-order valence-corrected chi connectivity index (χ2v) is 7.67. The molecule has 0 aliphatic carbocycles. The van der Waals surface area contributed by atoms with E-state index in [2.05, 4.69) is 5.32 Å². The molecule has 2 aromatic rings. The van der Waals surface area contributed by atoms with Gasteiger partial charge in [0.1, 0.15) is 17.2 Å². The second kappa shape index (κ2) is 12.0. The van der Waals surface area contributed by atoms with Gasteiger partial charge in [-0.1, -0.05) is 12.1 Å². The lowest BCUT2D eigenvalue weighted by molar-refractivity contribution is -0.131. The van der Waals surface area contributed by atoms with Gasteiger partial charge < -0.3 is 24.4 Å². The van der Waals surface area contributed by atoms with Crippen LogP contribution in [0.25, 0.3) is 0 Å². The van der Waals surface area contributed by atoms with Crippen LogP contribution in [-0.2, 0) is 16.0 Å². The smallest absolute Gasteiger partial charge is 0.258 e. The monoisotopic (exact) mass is 440 g/mol. The standard InChI is InChI=1S/C25H32N2O5/c1-3-30-21-7-5-19(6-8-21)17-25(29)27-15-13-20(14-16-27)26-24(28)18-32-23-11-9-22(10-12-23)31-4-2/h5-12,20H,3-4,13-18H2,1-2H3,(H,26,28). The molecule has 0 atom stereocenters. The number of ether oxygens (including phenoxy) is 3. The Morgan fingerprint density at radius 2 is 1.34 bits per heavy atom. The molecule has 1 N–H and O–H groups in total. The van der Waals surface area contributed by atoms with Gasteiger partial charge in [0, 0.05) is 19.1 Å². The van der Waals surface area contributed by atoms with E-state index in [9.17, 15) is 9.59 Å². The maximum Gasteiger partial charge on any atom is 0.258 e. The molecule has 1 aliphatic heterocycles. The number of carbonyl (C=O) groups is 2. The molecule has 0 bridgehead atoms. The highest BCUT2D eigenvalue weighted by atomic mass is 16.5. The molecule has 7 heteroatoms. The fraction of sp³-hybridized carbons (Fsp3) is 0.440. The number of hydrogen-bond acceptors (Lipinski definition) is 5. The average Bonchev–Trinajstić information content (AvgIpc) is 2.81. The van der Waals surface area contributed by atoms with Gasteiger partial charge in [0.25, 0.3) is 5.91 Å². The predicted octanol–water partition coefficient (Wildman–Crippen LogP) is 3.21. The zero-order valence-electron chi connectivity index (χ0n) is 18.8. The summed E-state index contributed by atoms with van der Waals surface area (Å²) in [6, 6.07) is 14.9. The first-order valence-corrected chi connectivity index (χ1v) is 11.2. The molecule has 1 fully saturated rings. The van der Waals surface area contributed by atoms with Crippen molar-refractivity contribution in [1.29, 1.82) is 0 Å². The van der Waals surface area contributed by atoms with Gasteiger partial charge in [-0.2, -0.15) is 0 Å². The van der Waals surface area contributed by atoms with E-state index in [0.29, 0.717) is 38.5 Å². The molecule has 0 spiro atoms. The summed E-state index contributed by atoms with van der Waals surface area (Å²) in [5.41, 5.74) is 0.973. The van der Waals surface area contributed by atoms with E-state index in [0.717, 1.165) is 29.9 Å². The number of carbonyl (C=O) groups excluding carboxylic acids is 2. The Labute approximate surface area is 189 Å². The second-order valence-electron chi connectivity index (χ2n) is 7.67. The van der Waals surface area contributed by atoms with Crippen LogP contribution in [0.1, 0.15) is 32.3 Å². The van der Waals surface area contributed by atoms with Crippen molar-refractivity contribution < 1.29 is 23.8 Å². The molecule has 0 radical (unpaired) electrons. The first kappa shape index (κ1) is 23.4. The van der Waals surface area contributed by atoms with Crippen LogP contribution in [0, 0.1) is 0 Å². The van der Waals surface area contributed by atoms with Crippen molar-refractivity contribution in [2.45, 2.75) is 39.2 Å². The fourth-order valence-corrected chi connectivity index (χ4v) is 3.65. The lowest BCUT2D eigenvalue weighted by Gasteiger charge is -2.32. The minimum atomic E-state index is -0.155. The van der Waals surface area contributed by atoms with Crippen LogP contribution in [0.15, 0.2) is 48.5 Å². The normalized spacial score (nSPS) is 14.0. The summed E-state index contributed by atoms with van der Waals surface area (Å²) in [5, 5.41) is 3.01. The van der Waals surface area contributed by atoms with Gasteiger partial charge in [-0.15, -0.1) is 0 Å². The highest BCUT2D eigenvalue weighted by Crippen LogP contribution is 2.18. The summed E-state index contributed by atoms with van der Waals surface area (Å²) >= 11 is 0. The third-order valence-corrected chi connectivity index (χ3v) is 5.31. The summed E-state index contributed by atoms with van der Waals surface area (Å²) in [5.74, 6) is 2.16. The third-order valence-electron chi connectivity index (χ3n) is 5.31. The summed E-state index contributed by atoms with van der Waals surface area (Å²) < 4.78 is 16.4. The Balaban J connectivity index is 1.36. The maximum atomic E-state index is 12.6. The molecule has 1 aliphatic rings. The van der Waals surface area contributed by atoms with Crippen molar-refractivity contribution in [2.24, 2.45) is 0 Å².